The first-order valence-electron chi connectivity index (χ1n) is 5.42. The number of nitrogens with one attached hydrogen (secondary N) is 2. The monoisotopic (exact) mass is 233 g/mol. The quantitative estimate of drug-likeness (QED) is 0.829. The Bertz CT molecular complexity index is 589. The summed E-state index contributed by atoms with van der Waals surface area (Å²) >= 11 is 0. The molecule has 0 fully saturated rings. The van der Waals surface area contributed by atoms with E-state index in [2.05, 4.69) is 20.4 Å². The first-order valence-corrected chi connectivity index (χ1v) is 5.42. The molecule has 0 atom stereocenters. The lowest BCUT2D eigenvalue weighted by Gasteiger charge is -2.18. The predicted molar refractivity (Wildman–Crippen MR) is 64.5 cm³/mol. The molecule has 0 saturated heterocycles. The van der Waals surface area contributed by atoms with Crippen LogP contribution in [0, 0.1) is 13.0 Å². The highest BCUT2D eigenvalue weighted by atomic mass is 19.1. The number of nitrogens with zero attached hydrogens (tertiary/aromatic N) is 3. The number of aliphatic imine (C=N–C) groups is 1. The molecule has 1 aliphatic rings. The summed E-state index contributed by atoms with van der Waals surface area (Å²) in [5, 5.41) is 1.90. The number of fused-ring (bicyclic) bond motifs is 1. The van der Waals surface area contributed by atoms with Crippen LogP contribution >= 0.6 is 0 Å². The van der Waals surface area contributed by atoms with Crippen LogP contribution in [0.2, 0.25) is 0 Å². The molecule has 0 amide bonds. The van der Waals surface area contributed by atoms with Crippen LogP contribution in [0.3, 0.4) is 0 Å². The van der Waals surface area contributed by atoms with E-state index >= 15 is 0 Å². The van der Waals surface area contributed by atoms with Gasteiger partial charge >= 0.3 is 0 Å². The van der Waals surface area contributed by atoms with Crippen molar-refractivity contribution in [3.8, 4) is 0 Å². The van der Waals surface area contributed by atoms with Crippen molar-refractivity contribution >= 4 is 23.1 Å². The molecule has 0 radical (unpaired) electrons. The van der Waals surface area contributed by atoms with Crippen LogP contribution in [-0.4, -0.2) is 34.4 Å². The zero-order valence-electron chi connectivity index (χ0n) is 9.37. The van der Waals surface area contributed by atoms with Crippen molar-refractivity contribution in [1.29, 1.82) is 0 Å². The van der Waals surface area contributed by atoms with Gasteiger partial charge in [-0.25, -0.2) is 4.98 Å². The van der Waals surface area contributed by atoms with Gasteiger partial charge in [0, 0.05) is 5.56 Å². The second-order valence-corrected chi connectivity index (χ2v) is 3.99. The number of halogens is 1. The van der Waals surface area contributed by atoms with Crippen LogP contribution in [0.15, 0.2) is 17.1 Å². The molecular formula is C11H12FN5. The van der Waals surface area contributed by atoms with Crippen molar-refractivity contribution in [3.63, 3.8) is 0 Å². The van der Waals surface area contributed by atoms with Crippen LogP contribution in [0.1, 0.15) is 5.56 Å². The molecule has 2 heterocycles. The fraction of sp³-hybridized carbons (Fsp3) is 0.273. The Morgan fingerprint density at radius 2 is 2.35 bits per heavy atom. The Kier molecular flexibility index (Phi) is 2.21. The lowest BCUT2D eigenvalue weighted by Crippen LogP contribution is -2.26. The first kappa shape index (κ1) is 10.1. The van der Waals surface area contributed by atoms with Gasteiger partial charge in [0.15, 0.2) is 0 Å². The number of aromatic nitrogens is 2. The Hall–Kier alpha value is -2.11. The Morgan fingerprint density at radius 3 is 3.12 bits per heavy atom. The highest BCUT2D eigenvalue weighted by Gasteiger charge is 2.11. The van der Waals surface area contributed by atoms with E-state index in [9.17, 15) is 4.39 Å². The molecule has 1 aromatic carbocycles. The molecule has 2 N–H and O–H groups in total. The summed E-state index contributed by atoms with van der Waals surface area (Å²) in [7, 11) is 0. The molecule has 6 heteroatoms. The minimum absolute atomic E-state index is 0.553. The number of hydrogen-bond acceptors (Lipinski definition) is 4. The van der Waals surface area contributed by atoms with Crippen molar-refractivity contribution in [2.75, 3.05) is 18.5 Å². The van der Waals surface area contributed by atoms with Gasteiger partial charge in [0.2, 0.25) is 0 Å². The standard InChI is InChI=1S/C11H12FN5/c1-7-8(16-17-5-4-13-6-17)2-3-9-10(7)15-11(12)14-9/h2-3,6,16H,4-5H2,1H3,(H,14,15). The molecule has 1 aromatic heterocycles. The average molecular weight is 233 g/mol. The minimum atomic E-state index is -0.553. The van der Waals surface area contributed by atoms with Gasteiger partial charge in [0.1, 0.15) is 6.34 Å². The number of imidazole rings is 1. The van der Waals surface area contributed by atoms with Crippen molar-refractivity contribution in [3.05, 3.63) is 23.8 Å². The number of rotatable bonds is 2. The molecule has 0 aliphatic carbocycles. The maximum Gasteiger partial charge on any atom is 0.287 e. The van der Waals surface area contributed by atoms with E-state index in [0.29, 0.717) is 11.0 Å². The number of H-pyrrole nitrogens is 1. The van der Waals surface area contributed by atoms with Gasteiger partial charge in [-0.2, -0.15) is 4.39 Å². The van der Waals surface area contributed by atoms with Crippen LogP contribution in [-0.2, 0) is 0 Å². The summed E-state index contributed by atoms with van der Waals surface area (Å²) in [5.41, 5.74) is 6.42. The van der Waals surface area contributed by atoms with Crippen molar-refractivity contribution in [2.24, 2.45) is 4.99 Å². The Morgan fingerprint density at radius 1 is 1.47 bits per heavy atom. The molecule has 0 unspecified atom stereocenters. The fourth-order valence-corrected chi connectivity index (χ4v) is 1.92. The largest absolute Gasteiger partial charge is 0.314 e. The summed E-state index contributed by atoms with van der Waals surface area (Å²) in [4.78, 5) is 10.5. The molecule has 5 nitrogen and oxygen atoms in total. The van der Waals surface area contributed by atoms with Crippen LogP contribution in [0.4, 0.5) is 10.1 Å². The minimum Gasteiger partial charge on any atom is -0.314 e. The zero-order valence-corrected chi connectivity index (χ0v) is 9.37. The van der Waals surface area contributed by atoms with E-state index in [0.717, 1.165) is 24.3 Å². The smallest absolute Gasteiger partial charge is 0.287 e. The van der Waals surface area contributed by atoms with Crippen LogP contribution in [0.5, 0.6) is 0 Å². The molecule has 0 bridgehead atoms. The lowest BCUT2D eigenvalue weighted by atomic mass is 10.1. The van der Waals surface area contributed by atoms with Gasteiger partial charge in [-0.05, 0) is 19.1 Å². The second-order valence-electron chi connectivity index (χ2n) is 3.99. The molecule has 3 rings (SSSR count). The highest BCUT2D eigenvalue weighted by Crippen LogP contribution is 2.24. The maximum absolute atomic E-state index is 13.0. The van der Waals surface area contributed by atoms with Crippen molar-refractivity contribution < 1.29 is 4.39 Å². The fourth-order valence-electron chi connectivity index (χ4n) is 1.92. The molecule has 1 aliphatic heterocycles. The number of hydrazine groups is 1. The maximum atomic E-state index is 13.0. The number of aromatic amines is 1. The third kappa shape index (κ3) is 1.71. The first-order chi connectivity index (χ1) is 8.24. The molecule has 2 aromatic rings. The number of benzene rings is 1. The van der Waals surface area contributed by atoms with Gasteiger partial charge in [-0.3, -0.25) is 15.4 Å². The zero-order chi connectivity index (χ0) is 11.8. The Labute approximate surface area is 97.3 Å². The van der Waals surface area contributed by atoms with Gasteiger partial charge in [0.25, 0.3) is 6.08 Å². The van der Waals surface area contributed by atoms with Crippen LogP contribution in [0.25, 0.3) is 11.0 Å². The summed E-state index contributed by atoms with van der Waals surface area (Å²) in [5.74, 6) is 0. The Balaban J connectivity index is 1.98. The average Bonchev–Trinajstić information content (AvgIpc) is 2.91. The topological polar surface area (TPSA) is 56.3 Å². The SMILES string of the molecule is Cc1c(NN2C=NCC2)ccc2[nH]c(F)nc12. The van der Waals surface area contributed by atoms with Gasteiger partial charge in [-0.15, -0.1) is 0 Å². The number of aryl methyl sites for hydroxylation is 1. The van der Waals surface area contributed by atoms with E-state index in [4.69, 9.17) is 0 Å². The van der Waals surface area contributed by atoms with E-state index in [-0.39, 0.29) is 0 Å². The lowest BCUT2D eigenvalue weighted by molar-refractivity contribution is 0.555. The van der Waals surface area contributed by atoms with Gasteiger partial charge in [-0.1, -0.05) is 0 Å². The highest BCUT2D eigenvalue weighted by molar-refractivity contribution is 5.84. The number of anilines is 1. The van der Waals surface area contributed by atoms with Crippen molar-refractivity contribution in [2.45, 2.75) is 6.92 Å². The van der Waals surface area contributed by atoms with E-state index < -0.39 is 6.08 Å². The summed E-state index contributed by atoms with van der Waals surface area (Å²) in [6.45, 7) is 3.55. The number of hydrogen-bond donors (Lipinski definition) is 2. The van der Waals surface area contributed by atoms with Crippen molar-refractivity contribution in [1.82, 2.24) is 15.0 Å². The molecule has 17 heavy (non-hydrogen) atoms. The molecule has 0 spiro atoms. The third-order valence-corrected chi connectivity index (χ3v) is 2.83. The summed E-state index contributed by atoms with van der Waals surface area (Å²) < 4.78 is 13.0. The second kappa shape index (κ2) is 3.73. The van der Waals surface area contributed by atoms with Gasteiger partial charge in [0.05, 0.1) is 29.8 Å². The molecular weight excluding hydrogens is 221 g/mol. The predicted octanol–water partition coefficient (Wildman–Crippen LogP) is 1.68. The summed E-state index contributed by atoms with van der Waals surface area (Å²) in [6.07, 6.45) is 1.21. The normalized spacial score (nSPS) is 14.8. The molecule has 88 valence electrons. The third-order valence-electron chi connectivity index (χ3n) is 2.83. The van der Waals surface area contributed by atoms with Gasteiger partial charge < -0.3 is 4.98 Å². The summed E-state index contributed by atoms with van der Waals surface area (Å²) in [6, 6.07) is 3.72. The van der Waals surface area contributed by atoms with E-state index in [1.807, 2.05) is 24.1 Å². The van der Waals surface area contributed by atoms with E-state index in [1.54, 1.807) is 6.34 Å². The van der Waals surface area contributed by atoms with E-state index in [1.165, 1.54) is 0 Å². The van der Waals surface area contributed by atoms with Crippen LogP contribution < -0.4 is 5.43 Å². The molecule has 0 saturated carbocycles.